The van der Waals surface area contributed by atoms with E-state index in [0.29, 0.717) is 40.6 Å². The van der Waals surface area contributed by atoms with Gasteiger partial charge in [-0.2, -0.15) is 0 Å². The van der Waals surface area contributed by atoms with Crippen LogP contribution in [0.25, 0.3) is 5.57 Å². The monoisotopic (exact) mass is 456 g/mol. The van der Waals surface area contributed by atoms with Gasteiger partial charge in [-0.05, 0) is 73.4 Å². The van der Waals surface area contributed by atoms with Gasteiger partial charge in [-0.15, -0.1) is 0 Å². The highest BCUT2D eigenvalue weighted by molar-refractivity contribution is 6.46. The van der Waals surface area contributed by atoms with Gasteiger partial charge in [0.25, 0.3) is 11.8 Å². The second kappa shape index (κ2) is 9.83. The molecule has 0 atom stereocenters. The topological polar surface area (TPSA) is 67.9 Å². The van der Waals surface area contributed by atoms with E-state index in [2.05, 4.69) is 5.32 Å². The number of benzene rings is 3. The molecule has 174 valence electrons. The standard InChI is InChI=1S/C28H28N2O4/c1-5-16-34-22-14-11-20(12-15-22)25-26(29-23-8-6-7-9-24(23)33-4)28(32)30(27(25)31)21-13-10-18(2)19(3)17-21/h6-15,17,29H,5,16H2,1-4H3. The van der Waals surface area contributed by atoms with Crippen LogP contribution in [-0.4, -0.2) is 25.5 Å². The normalized spacial score (nSPS) is 13.5. The Morgan fingerprint density at radius 3 is 2.29 bits per heavy atom. The lowest BCUT2D eigenvalue weighted by molar-refractivity contribution is -0.120. The molecule has 0 fully saturated rings. The molecule has 0 saturated heterocycles. The summed E-state index contributed by atoms with van der Waals surface area (Å²) in [5.74, 6) is 0.490. The molecule has 6 heteroatoms. The third kappa shape index (κ3) is 4.39. The quantitative estimate of drug-likeness (QED) is 0.454. The van der Waals surface area contributed by atoms with Crippen LogP contribution in [0.4, 0.5) is 11.4 Å². The Hall–Kier alpha value is -4.06. The molecule has 3 aromatic rings. The Labute approximate surface area is 199 Å². The summed E-state index contributed by atoms with van der Waals surface area (Å²) in [6.45, 7) is 6.61. The van der Waals surface area contributed by atoms with E-state index in [-0.39, 0.29) is 11.6 Å². The van der Waals surface area contributed by atoms with Gasteiger partial charge in [-0.1, -0.05) is 37.3 Å². The second-order valence-electron chi connectivity index (χ2n) is 8.16. The molecule has 0 aliphatic carbocycles. The summed E-state index contributed by atoms with van der Waals surface area (Å²) in [7, 11) is 1.56. The van der Waals surface area contributed by atoms with Gasteiger partial charge in [0.2, 0.25) is 0 Å². The highest BCUT2D eigenvalue weighted by Crippen LogP contribution is 2.36. The number of hydrogen-bond donors (Lipinski definition) is 1. The first-order valence-electron chi connectivity index (χ1n) is 11.3. The number of para-hydroxylation sites is 2. The van der Waals surface area contributed by atoms with Gasteiger partial charge >= 0.3 is 0 Å². The molecule has 4 rings (SSSR count). The predicted molar refractivity (Wildman–Crippen MR) is 134 cm³/mol. The fraction of sp³-hybridized carbons (Fsp3) is 0.214. The van der Waals surface area contributed by atoms with E-state index in [9.17, 15) is 9.59 Å². The molecule has 0 unspecified atom stereocenters. The molecule has 1 aliphatic rings. The lowest BCUT2D eigenvalue weighted by atomic mass is 10.0. The SMILES string of the molecule is CCCOc1ccc(C2=C(Nc3ccccc3OC)C(=O)N(c3ccc(C)c(C)c3)C2=O)cc1. The van der Waals surface area contributed by atoms with Gasteiger partial charge < -0.3 is 14.8 Å². The van der Waals surface area contributed by atoms with E-state index >= 15 is 0 Å². The van der Waals surface area contributed by atoms with Gasteiger partial charge in [0, 0.05) is 0 Å². The molecule has 34 heavy (non-hydrogen) atoms. The maximum atomic E-state index is 13.7. The minimum atomic E-state index is -0.416. The summed E-state index contributed by atoms with van der Waals surface area (Å²) in [5.41, 5.74) is 4.37. The average molecular weight is 457 g/mol. The molecule has 6 nitrogen and oxygen atoms in total. The van der Waals surface area contributed by atoms with E-state index < -0.39 is 5.91 Å². The average Bonchev–Trinajstić information content (AvgIpc) is 3.09. The van der Waals surface area contributed by atoms with Crippen molar-refractivity contribution in [2.24, 2.45) is 0 Å². The van der Waals surface area contributed by atoms with E-state index in [4.69, 9.17) is 9.47 Å². The Morgan fingerprint density at radius 2 is 1.62 bits per heavy atom. The number of carbonyl (C=O) groups excluding carboxylic acids is 2. The number of rotatable bonds is 8. The minimum absolute atomic E-state index is 0.204. The molecule has 3 aromatic carbocycles. The van der Waals surface area contributed by atoms with Crippen molar-refractivity contribution in [3.8, 4) is 11.5 Å². The molecule has 0 bridgehead atoms. The van der Waals surface area contributed by atoms with Crippen LogP contribution in [0.1, 0.15) is 30.0 Å². The fourth-order valence-electron chi connectivity index (χ4n) is 3.83. The van der Waals surface area contributed by atoms with E-state index in [1.54, 1.807) is 31.4 Å². The molecule has 1 aliphatic heterocycles. The number of carbonyl (C=O) groups is 2. The zero-order valence-corrected chi connectivity index (χ0v) is 19.8. The van der Waals surface area contributed by atoms with Crippen LogP contribution in [-0.2, 0) is 9.59 Å². The molecule has 2 amide bonds. The molecule has 1 heterocycles. The van der Waals surface area contributed by atoms with Crippen molar-refractivity contribution in [1.29, 1.82) is 0 Å². The summed E-state index contributed by atoms with van der Waals surface area (Å²) in [6, 6.07) is 20.1. The Bertz CT molecular complexity index is 1260. The third-order valence-corrected chi connectivity index (χ3v) is 5.82. The summed E-state index contributed by atoms with van der Waals surface area (Å²) in [5, 5.41) is 3.18. The van der Waals surface area contributed by atoms with Crippen molar-refractivity contribution in [2.45, 2.75) is 27.2 Å². The number of nitrogens with zero attached hydrogens (tertiary/aromatic N) is 1. The number of aryl methyl sites for hydroxylation is 2. The van der Waals surface area contributed by atoms with Crippen LogP contribution in [0.2, 0.25) is 0 Å². The van der Waals surface area contributed by atoms with Crippen LogP contribution in [0, 0.1) is 13.8 Å². The lowest BCUT2D eigenvalue weighted by Gasteiger charge is -2.17. The molecular formula is C28H28N2O4. The van der Waals surface area contributed by atoms with Crippen molar-refractivity contribution < 1.29 is 19.1 Å². The maximum Gasteiger partial charge on any atom is 0.282 e. The van der Waals surface area contributed by atoms with E-state index in [1.807, 2.05) is 63.2 Å². The largest absolute Gasteiger partial charge is 0.495 e. The molecule has 0 radical (unpaired) electrons. The molecule has 1 N–H and O–H groups in total. The molecule has 0 aromatic heterocycles. The molecule has 0 spiro atoms. The van der Waals surface area contributed by atoms with Crippen LogP contribution in [0.5, 0.6) is 11.5 Å². The summed E-state index contributed by atoms with van der Waals surface area (Å²) >= 11 is 0. The maximum absolute atomic E-state index is 13.7. The molecule has 0 saturated carbocycles. The van der Waals surface area contributed by atoms with Crippen LogP contribution >= 0.6 is 0 Å². The van der Waals surface area contributed by atoms with E-state index in [1.165, 1.54) is 4.90 Å². The highest BCUT2D eigenvalue weighted by atomic mass is 16.5. The first-order valence-corrected chi connectivity index (χ1v) is 11.3. The number of amides is 2. The molecular weight excluding hydrogens is 428 g/mol. The number of methoxy groups -OCH3 is 1. The fourth-order valence-corrected chi connectivity index (χ4v) is 3.83. The first kappa shape index (κ1) is 23.1. The van der Waals surface area contributed by atoms with Crippen molar-refractivity contribution >= 4 is 28.8 Å². The van der Waals surface area contributed by atoms with Gasteiger partial charge in [0.05, 0.1) is 30.7 Å². The predicted octanol–water partition coefficient (Wildman–Crippen LogP) is 5.50. The second-order valence-corrected chi connectivity index (χ2v) is 8.16. The highest BCUT2D eigenvalue weighted by Gasteiger charge is 2.40. The van der Waals surface area contributed by atoms with Gasteiger partial charge in [0.1, 0.15) is 17.2 Å². The minimum Gasteiger partial charge on any atom is -0.495 e. The van der Waals surface area contributed by atoms with Crippen molar-refractivity contribution in [3.05, 3.63) is 89.1 Å². The third-order valence-electron chi connectivity index (χ3n) is 5.82. The van der Waals surface area contributed by atoms with Crippen LogP contribution in [0.3, 0.4) is 0 Å². The number of ether oxygens (including phenoxy) is 2. The van der Waals surface area contributed by atoms with Gasteiger partial charge in [-0.25, -0.2) is 4.90 Å². The number of imide groups is 1. The number of anilines is 2. The zero-order valence-electron chi connectivity index (χ0n) is 19.8. The van der Waals surface area contributed by atoms with Gasteiger partial charge in [-0.3, -0.25) is 9.59 Å². The van der Waals surface area contributed by atoms with Crippen LogP contribution < -0.4 is 19.7 Å². The van der Waals surface area contributed by atoms with E-state index in [0.717, 1.165) is 17.5 Å². The lowest BCUT2D eigenvalue weighted by Crippen LogP contribution is -2.32. The Balaban J connectivity index is 1.79. The zero-order chi connectivity index (χ0) is 24.2. The van der Waals surface area contributed by atoms with Gasteiger partial charge in [0.15, 0.2) is 0 Å². The summed E-state index contributed by atoms with van der Waals surface area (Å²) in [4.78, 5) is 28.5. The summed E-state index contributed by atoms with van der Waals surface area (Å²) in [6.07, 6.45) is 0.901. The van der Waals surface area contributed by atoms with Crippen molar-refractivity contribution in [2.75, 3.05) is 23.9 Å². The van der Waals surface area contributed by atoms with Crippen molar-refractivity contribution in [1.82, 2.24) is 0 Å². The number of nitrogens with one attached hydrogen (secondary N) is 1. The Morgan fingerprint density at radius 1 is 0.882 bits per heavy atom. The van der Waals surface area contributed by atoms with Crippen LogP contribution in [0.15, 0.2) is 72.4 Å². The summed E-state index contributed by atoms with van der Waals surface area (Å²) < 4.78 is 11.1. The smallest absolute Gasteiger partial charge is 0.282 e. The van der Waals surface area contributed by atoms with Crippen molar-refractivity contribution in [3.63, 3.8) is 0 Å². The number of hydrogen-bond acceptors (Lipinski definition) is 5. The Kier molecular flexibility index (Phi) is 6.68. The first-order chi connectivity index (χ1) is 16.4.